The number of aliphatic hydroxyl groups is 1. The van der Waals surface area contributed by atoms with E-state index in [2.05, 4.69) is 34.9 Å². The van der Waals surface area contributed by atoms with Gasteiger partial charge in [-0.1, -0.05) is 11.6 Å². The Balaban J connectivity index is 1.78. The molecule has 0 amide bonds. The van der Waals surface area contributed by atoms with E-state index in [0.717, 1.165) is 49.1 Å². The Kier molecular flexibility index (Phi) is 4.66. The standard InChI is InChI=1S/C16H23ClN4O/c1-11(2)21-16-13(8-18-21)7-14(15(17)19-16)9-20-5-3-12(10-22)4-6-20/h7-8,11-12,22H,3-6,9-10H2,1-2H3. The van der Waals surface area contributed by atoms with Crippen LogP contribution in [0.2, 0.25) is 5.15 Å². The molecule has 1 N–H and O–H groups in total. The minimum atomic E-state index is 0.268. The molecule has 0 aliphatic carbocycles. The van der Waals surface area contributed by atoms with Gasteiger partial charge in [0.25, 0.3) is 0 Å². The highest BCUT2D eigenvalue weighted by Gasteiger charge is 2.20. The molecule has 3 heterocycles. The van der Waals surface area contributed by atoms with Gasteiger partial charge in [0.1, 0.15) is 5.15 Å². The third-order valence-electron chi connectivity index (χ3n) is 4.44. The van der Waals surface area contributed by atoms with E-state index in [4.69, 9.17) is 11.6 Å². The van der Waals surface area contributed by atoms with Crippen LogP contribution in [0.15, 0.2) is 12.3 Å². The summed E-state index contributed by atoms with van der Waals surface area (Å²) < 4.78 is 1.90. The molecular formula is C16H23ClN4O. The van der Waals surface area contributed by atoms with Crippen LogP contribution in [-0.2, 0) is 6.54 Å². The second-order valence-corrected chi connectivity index (χ2v) is 6.79. The van der Waals surface area contributed by atoms with Crippen molar-refractivity contribution < 1.29 is 5.11 Å². The fourth-order valence-corrected chi connectivity index (χ4v) is 3.25. The number of aromatic nitrogens is 3. The number of aliphatic hydroxyl groups excluding tert-OH is 1. The normalized spacial score (nSPS) is 17.7. The minimum Gasteiger partial charge on any atom is -0.396 e. The number of nitrogens with zero attached hydrogens (tertiary/aromatic N) is 4. The molecule has 0 radical (unpaired) electrons. The topological polar surface area (TPSA) is 54.2 Å². The van der Waals surface area contributed by atoms with Gasteiger partial charge in [-0.25, -0.2) is 9.67 Å². The summed E-state index contributed by atoms with van der Waals surface area (Å²) in [7, 11) is 0. The summed E-state index contributed by atoms with van der Waals surface area (Å²) in [5.74, 6) is 0.455. The summed E-state index contributed by atoms with van der Waals surface area (Å²) in [4.78, 5) is 6.94. The summed E-state index contributed by atoms with van der Waals surface area (Å²) in [6.07, 6.45) is 3.96. The van der Waals surface area contributed by atoms with E-state index in [1.165, 1.54) is 0 Å². The van der Waals surface area contributed by atoms with Crippen molar-refractivity contribution in [2.24, 2.45) is 5.92 Å². The summed E-state index contributed by atoms with van der Waals surface area (Å²) in [6, 6.07) is 2.37. The zero-order valence-corrected chi connectivity index (χ0v) is 13.9. The molecule has 1 fully saturated rings. The van der Waals surface area contributed by atoms with Crippen molar-refractivity contribution in [3.05, 3.63) is 23.0 Å². The van der Waals surface area contributed by atoms with E-state index in [-0.39, 0.29) is 6.04 Å². The lowest BCUT2D eigenvalue weighted by Gasteiger charge is -2.31. The molecule has 0 atom stereocenters. The first-order valence-electron chi connectivity index (χ1n) is 7.94. The third kappa shape index (κ3) is 3.12. The molecular weight excluding hydrogens is 300 g/mol. The average molecular weight is 323 g/mol. The zero-order chi connectivity index (χ0) is 15.7. The van der Waals surface area contributed by atoms with E-state index >= 15 is 0 Å². The highest BCUT2D eigenvalue weighted by atomic mass is 35.5. The van der Waals surface area contributed by atoms with Gasteiger partial charge in [-0.15, -0.1) is 0 Å². The molecule has 5 nitrogen and oxygen atoms in total. The van der Waals surface area contributed by atoms with Crippen LogP contribution in [-0.4, -0.2) is 44.5 Å². The van der Waals surface area contributed by atoms with Gasteiger partial charge in [0.15, 0.2) is 5.65 Å². The van der Waals surface area contributed by atoms with Gasteiger partial charge in [0.2, 0.25) is 0 Å². The number of piperidine rings is 1. The van der Waals surface area contributed by atoms with Gasteiger partial charge in [-0.3, -0.25) is 4.90 Å². The maximum absolute atomic E-state index is 9.22. The molecule has 0 unspecified atom stereocenters. The van der Waals surface area contributed by atoms with Crippen LogP contribution in [0.25, 0.3) is 11.0 Å². The lowest BCUT2D eigenvalue weighted by atomic mass is 9.97. The highest BCUT2D eigenvalue weighted by Crippen LogP contribution is 2.25. The molecule has 1 aliphatic rings. The lowest BCUT2D eigenvalue weighted by Crippen LogP contribution is -2.34. The summed E-state index contributed by atoms with van der Waals surface area (Å²) >= 11 is 6.39. The Morgan fingerprint density at radius 3 is 2.73 bits per heavy atom. The van der Waals surface area contributed by atoms with Gasteiger partial charge in [0, 0.05) is 30.1 Å². The first kappa shape index (κ1) is 15.7. The van der Waals surface area contributed by atoms with Crippen LogP contribution in [0.3, 0.4) is 0 Å². The van der Waals surface area contributed by atoms with Gasteiger partial charge in [0.05, 0.1) is 6.20 Å². The van der Waals surface area contributed by atoms with Gasteiger partial charge in [-0.2, -0.15) is 5.10 Å². The lowest BCUT2D eigenvalue weighted by molar-refractivity contribution is 0.127. The number of pyridine rings is 1. The number of likely N-dealkylation sites (tertiary alicyclic amines) is 1. The molecule has 0 bridgehead atoms. The average Bonchev–Trinajstić information content (AvgIpc) is 2.91. The van der Waals surface area contributed by atoms with Crippen molar-refractivity contribution in [2.45, 2.75) is 39.3 Å². The SMILES string of the molecule is CC(C)n1ncc2cc(CN3CCC(CO)CC3)c(Cl)nc21. The zero-order valence-electron chi connectivity index (χ0n) is 13.2. The third-order valence-corrected chi connectivity index (χ3v) is 4.77. The number of hydrogen-bond donors (Lipinski definition) is 1. The molecule has 0 aromatic carbocycles. The first-order chi connectivity index (χ1) is 10.6. The van der Waals surface area contributed by atoms with Crippen molar-refractivity contribution in [3.8, 4) is 0 Å². The Morgan fingerprint density at radius 2 is 2.09 bits per heavy atom. The molecule has 0 spiro atoms. The van der Waals surface area contributed by atoms with Crippen molar-refractivity contribution in [1.29, 1.82) is 0 Å². The molecule has 3 rings (SSSR count). The van der Waals surface area contributed by atoms with Crippen LogP contribution >= 0.6 is 11.6 Å². The molecule has 6 heteroatoms. The minimum absolute atomic E-state index is 0.268. The second kappa shape index (κ2) is 6.52. The van der Waals surface area contributed by atoms with Gasteiger partial charge >= 0.3 is 0 Å². The van der Waals surface area contributed by atoms with E-state index in [1.54, 1.807) is 0 Å². The van der Waals surface area contributed by atoms with Crippen molar-refractivity contribution in [2.75, 3.05) is 19.7 Å². The van der Waals surface area contributed by atoms with E-state index in [0.29, 0.717) is 17.7 Å². The number of fused-ring (bicyclic) bond motifs is 1. The smallest absolute Gasteiger partial charge is 0.159 e. The Hall–Kier alpha value is -1.17. The van der Waals surface area contributed by atoms with Crippen LogP contribution in [0.4, 0.5) is 0 Å². The van der Waals surface area contributed by atoms with Crippen molar-refractivity contribution in [3.63, 3.8) is 0 Å². The van der Waals surface area contributed by atoms with Crippen LogP contribution < -0.4 is 0 Å². The van der Waals surface area contributed by atoms with Crippen molar-refractivity contribution >= 4 is 22.6 Å². The molecule has 0 saturated carbocycles. The summed E-state index contributed by atoms with van der Waals surface area (Å²) in [6.45, 7) is 7.29. The second-order valence-electron chi connectivity index (χ2n) is 6.44. The van der Waals surface area contributed by atoms with Crippen LogP contribution in [0, 0.1) is 5.92 Å². The number of hydrogen-bond acceptors (Lipinski definition) is 4. The predicted octanol–water partition coefficient (Wildman–Crippen LogP) is 2.87. The number of halogens is 1. The first-order valence-corrected chi connectivity index (χ1v) is 8.32. The quantitative estimate of drug-likeness (QED) is 0.879. The van der Waals surface area contributed by atoms with Gasteiger partial charge < -0.3 is 5.11 Å². The number of rotatable bonds is 4. The molecule has 2 aromatic heterocycles. The maximum Gasteiger partial charge on any atom is 0.159 e. The molecule has 2 aromatic rings. The summed E-state index contributed by atoms with van der Waals surface area (Å²) in [5, 5.41) is 15.2. The van der Waals surface area contributed by atoms with E-state index in [1.807, 2.05) is 10.9 Å². The predicted molar refractivity (Wildman–Crippen MR) is 88.0 cm³/mol. The monoisotopic (exact) mass is 322 g/mol. The molecule has 1 saturated heterocycles. The summed E-state index contributed by atoms with van der Waals surface area (Å²) in [5.41, 5.74) is 1.91. The highest BCUT2D eigenvalue weighted by molar-refractivity contribution is 6.30. The molecule has 22 heavy (non-hydrogen) atoms. The van der Waals surface area contributed by atoms with Gasteiger partial charge in [-0.05, 0) is 51.8 Å². The Bertz CT molecular complexity index is 647. The maximum atomic E-state index is 9.22. The van der Waals surface area contributed by atoms with Crippen LogP contribution in [0.5, 0.6) is 0 Å². The van der Waals surface area contributed by atoms with Crippen molar-refractivity contribution in [1.82, 2.24) is 19.7 Å². The molecule has 1 aliphatic heterocycles. The van der Waals surface area contributed by atoms with E-state index in [9.17, 15) is 5.11 Å². The largest absolute Gasteiger partial charge is 0.396 e. The fourth-order valence-electron chi connectivity index (χ4n) is 3.06. The Labute approximate surface area is 135 Å². The fraction of sp³-hybridized carbons (Fsp3) is 0.625. The van der Waals surface area contributed by atoms with E-state index < -0.39 is 0 Å². The van der Waals surface area contributed by atoms with Crippen LogP contribution in [0.1, 0.15) is 38.3 Å². The molecule has 120 valence electrons. The Morgan fingerprint density at radius 1 is 1.36 bits per heavy atom.